The van der Waals surface area contributed by atoms with Gasteiger partial charge in [0, 0.05) is 18.6 Å². The SMILES string of the molecule is CN(CC(=O)NCc1ccc(Cn2cncn2)cc1)S(=O)(=O)c1ccc(Cl)cc1. The predicted molar refractivity (Wildman–Crippen MR) is 109 cm³/mol. The summed E-state index contributed by atoms with van der Waals surface area (Å²) < 4.78 is 27.7. The van der Waals surface area contributed by atoms with Crippen molar-refractivity contribution in [2.75, 3.05) is 13.6 Å². The van der Waals surface area contributed by atoms with E-state index in [-0.39, 0.29) is 11.4 Å². The zero-order valence-electron chi connectivity index (χ0n) is 15.7. The third-order valence-electron chi connectivity index (χ3n) is 4.21. The molecule has 8 nitrogen and oxygen atoms in total. The van der Waals surface area contributed by atoms with Gasteiger partial charge in [0.15, 0.2) is 0 Å². The fourth-order valence-electron chi connectivity index (χ4n) is 2.59. The number of amides is 1. The topological polar surface area (TPSA) is 97.2 Å². The van der Waals surface area contributed by atoms with Crippen LogP contribution in [0.2, 0.25) is 5.02 Å². The van der Waals surface area contributed by atoms with Crippen molar-refractivity contribution in [2.24, 2.45) is 0 Å². The lowest BCUT2D eigenvalue weighted by Crippen LogP contribution is -2.38. The van der Waals surface area contributed by atoms with Gasteiger partial charge in [-0.15, -0.1) is 0 Å². The zero-order chi connectivity index (χ0) is 20.9. The van der Waals surface area contributed by atoms with Crippen molar-refractivity contribution in [3.05, 3.63) is 77.3 Å². The number of benzene rings is 2. The summed E-state index contributed by atoms with van der Waals surface area (Å²) >= 11 is 5.79. The number of rotatable bonds is 8. The van der Waals surface area contributed by atoms with Crippen LogP contribution in [-0.4, -0.2) is 47.0 Å². The molecule has 2 aromatic carbocycles. The first-order valence-corrected chi connectivity index (χ1v) is 10.6. The molecule has 0 unspecified atom stereocenters. The average molecular weight is 434 g/mol. The van der Waals surface area contributed by atoms with Crippen LogP contribution in [0.4, 0.5) is 0 Å². The molecule has 0 spiro atoms. The molecule has 0 atom stereocenters. The minimum Gasteiger partial charge on any atom is -0.351 e. The van der Waals surface area contributed by atoms with Gasteiger partial charge in [0.25, 0.3) is 0 Å². The van der Waals surface area contributed by atoms with Gasteiger partial charge in [-0.05, 0) is 35.4 Å². The van der Waals surface area contributed by atoms with Gasteiger partial charge in [-0.1, -0.05) is 35.9 Å². The fraction of sp³-hybridized carbons (Fsp3) is 0.211. The predicted octanol–water partition coefficient (Wildman–Crippen LogP) is 1.92. The molecule has 0 fully saturated rings. The van der Waals surface area contributed by atoms with Crippen LogP contribution in [0, 0.1) is 0 Å². The van der Waals surface area contributed by atoms with Crippen molar-refractivity contribution in [3.63, 3.8) is 0 Å². The molecular formula is C19H20ClN5O3S. The van der Waals surface area contributed by atoms with E-state index in [0.29, 0.717) is 18.1 Å². The van der Waals surface area contributed by atoms with Crippen LogP contribution in [-0.2, 0) is 27.9 Å². The lowest BCUT2D eigenvalue weighted by molar-refractivity contribution is -0.121. The second-order valence-corrected chi connectivity index (χ2v) is 8.88. The number of aromatic nitrogens is 3. The van der Waals surface area contributed by atoms with Gasteiger partial charge in [0.2, 0.25) is 15.9 Å². The number of carbonyl (C=O) groups is 1. The molecule has 0 aliphatic carbocycles. The van der Waals surface area contributed by atoms with Gasteiger partial charge >= 0.3 is 0 Å². The summed E-state index contributed by atoms with van der Waals surface area (Å²) in [5, 5.41) is 7.23. The van der Waals surface area contributed by atoms with E-state index in [2.05, 4.69) is 15.4 Å². The highest BCUT2D eigenvalue weighted by atomic mass is 35.5. The van der Waals surface area contributed by atoms with Gasteiger partial charge < -0.3 is 5.32 Å². The minimum absolute atomic E-state index is 0.0835. The molecule has 0 saturated heterocycles. The van der Waals surface area contributed by atoms with E-state index in [1.54, 1.807) is 11.0 Å². The summed E-state index contributed by atoms with van der Waals surface area (Å²) in [6, 6.07) is 13.5. The first-order chi connectivity index (χ1) is 13.8. The molecule has 3 rings (SSSR count). The highest BCUT2D eigenvalue weighted by Crippen LogP contribution is 2.17. The summed E-state index contributed by atoms with van der Waals surface area (Å²) in [5.41, 5.74) is 1.96. The quantitative estimate of drug-likeness (QED) is 0.585. The number of carbonyl (C=O) groups excluding carboxylic acids is 1. The maximum Gasteiger partial charge on any atom is 0.243 e. The molecule has 1 heterocycles. The molecule has 1 aromatic heterocycles. The molecule has 0 radical (unpaired) electrons. The summed E-state index contributed by atoms with van der Waals surface area (Å²) in [4.78, 5) is 16.2. The lowest BCUT2D eigenvalue weighted by Gasteiger charge is -2.17. The van der Waals surface area contributed by atoms with Crippen molar-refractivity contribution in [3.8, 4) is 0 Å². The second-order valence-electron chi connectivity index (χ2n) is 6.40. The first kappa shape index (κ1) is 21.0. The highest BCUT2D eigenvalue weighted by Gasteiger charge is 2.22. The molecular weight excluding hydrogens is 414 g/mol. The molecule has 0 aliphatic heterocycles. The number of halogens is 1. The first-order valence-electron chi connectivity index (χ1n) is 8.73. The van der Waals surface area contributed by atoms with E-state index in [1.165, 1.54) is 37.6 Å². The molecule has 10 heteroatoms. The third kappa shape index (κ3) is 5.63. The van der Waals surface area contributed by atoms with Gasteiger partial charge in [-0.2, -0.15) is 9.40 Å². The largest absolute Gasteiger partial charge is 0.351 e. The Morgan fingerprint density at radius 1 is 1.10 bits per heavy atom. The Labute approximate surface area is 174 Å². The van der Waals surface area contributed by atoms with Crippen molar-refractivity contribution in [1.29, 1.82) is 0 Å². The number of nitrogens with one attached hydrogen (secondary N) is 1. The highest BCUT2D eigenvalue weighted by molar-refractivity contribution is 7.89. The molecule has 1 amide bonds. The van der Waals surface area contributed by atoms with Gasteiger partial charge in [-0.3, -0.25) is 4.79 Å². The summed E-state index contributed by atoms with van der Waals surface area (Å²) in [7, 11) is -2.40. The van der Waals surface area contributed by atoms with E-state index in [4.69, 9.17) is 11.6 Å². The van der Waals surface area contributed by atoms with E-state index in [1.807, 2.05) is 24.3 Å². The smallest absolute Gasteiger partial charge is 0.243 e. The Balaban J connectivity index is 1.52. The maximum absolute atomic E-state index is 12.5. The fourth-order valence-corrected chi connectivity index (χ4v) is 3.85. The summed E-state index contributed by atoms with van der Waals surface area (Å²) in [6.07, 6.45) is 3.12. The van der Waals surface area contributed by atoms with Crippen LogP contribution in [0.25, 0.3) is 0 Å². The third-order valence-corrected chi connectivity index (χ3v) is 6.28. The number of sulfonamides is 1. The average Bonchev–Trinajstić information content (AvgIpc) is 3.21. The molecule has 0 bridgehead atoms. The van der Waals surface area contributed by atoms with Gasteiger partial charge in [-0.25, -0.2) is 18.1 Å². The lowest BCUT2D eigenvalue weighted by atomic mass is 10.1. The van der Waals surface area contributed by atoms with Crippen LogP contribution in [0.1, 0.15) is 11.1 Å². The zero-order valence-corrected chi connectivity index (χ0v) is 17.3. The van der Waals surface area contributed by atoms with E-state index in [0.717, 1.165) is 15.4 Å². The normalized spacial score (nSPS) is 11.6. The Bertz CT molecular complexity index is 1050. The Hall–Kier alpha value is -2.75. The molecule has 152 valence electrons. The second kappa shape index (κ2) is 9.17. The molecule has 0 aliphatic rings. The number of likely N-dealkylation sites (N-methyl/N-ethyl adjacent to an activating group) is 1. The minimum atomic E-state index is -3.76. The number of hydrogen-bond donors (Lipinski definition) is 1. The van der Waals surface area contributed by atoms with Gasteiger partial charge in [0.1, 0.15) is 12.7 Å². The molecule has 1 N–H and O–H groups in total. The Morgan fingerprint density at radius 3 is 2.38 bits per heavy atom. The van der Waals surface area contributed by atoms with Crippen LogP contribution in [0.15, 0.2) is 66.1 Å². The van der Waals surface area contributed by atoms with Crippen molar-refractivity contribution in [1.82, 2.24) is 24.4 Å². The van der Waals surface area contributed by atoms with Gasteiger partial charge in [0.05, 0.1) is 18.0 Å². The summed E-state index contributed by atoms with van der Waals surface area (Å²) in [6.45, 7) is 0.632. The number of hydrogen-bond acceptors (Lipinski definition) is 5. The van der Waals surface area contributed by atoms with Crippen molar-refractivity contribution < 1.29 is 13.2 Å². The summed E-state index contributed by atoms with van der Waals surface area (Å²) in [5.74, 6) is -0.392. The Morgan fingerprint density at radius 2 is 1.76 bits per heavy atom. The molecule has 0 saturated carbocycles. The standard InChI is InChI=1S/C19H20ClN5O3S/c1-24(29(27,28)18-8-6-17(20)7-9-18)12-19(26)22-10-15-2-4-16(5-3-15)11-25-14-21-13-23-25/h2-9,13-14H,10-12H2,1H3,(H,22,26). The van der Waals surface area contributed by atoms with Crippen LogP contribution in [0.3, 0.4) is 0 Å². The van der Waals surface area contributed by atoms with Crippen LogP contribution >= 0.6 is 11.6 Å². The molecule has 29 heavy (non-hydrogen) atoms. The number of nitrogens with zero attached hydrogens (tertiary/aromatic N) is 4. The monoisotopic (exact) mass is 433 g/mol. The molecule has 3 aromatic rings. The van der Waals surface area contributed by atoms with E-state index in [9.17, 15) is 13.2 Å². The van der Waals surface area contributed by atoms with Crippen LogP contribution < -0.4 is 5.32 Å². The van der Waals surface area contributed by atoms with E-state index < -0.39 is 15.9 Å². The van der Waals surface area contributed by atoms with Crippen molar-refractivity contribution in [2.45, 2.75) is 18.0 Å². The van der Waals surface area contributed by atoms with Crippen molar-refractivity contribution >= 4 is 27.5 Å². The van der Waals surface area contributed by atoms with E-state index >= 15 is 0 Å². The maximum atomic E-state index is 12.5. The van der Waals surface area contributed by atoms with Crippen LogP contribution in [0.5, 0.6) is 0 Å². The Kier molecular flexibility index (Phi) is 6.63.